The number of methoxy groups -OCH3 is 1. The predicted octanol–water partition coefficient (Wildman–Crippen LogP) is -0.860. The van der Waals surface area contributed by atoms with Gasteiger partial charge in [0.2, 0.25) is 0 Å². The second-order valence-electron chi connectivity index (χ2n) is 2.00. The normalized spacial score (nSPS) is 9.91. The maximum Gasteiger partial charge on any atom is 0.330 e. The summed E-state index contributed by atoms with van der Waals surface area (Å²) in [7, 11) is 1.47. The van der Waals surface area contributed by atoms with Crippen LogP contribution in [-0.2, 0) is 11.5 Å². The second-order valence-corrected chi connectivity index (χ2v) is 2.00. The Morgan fingerprint density at radius 3 is 2.91 bits per heavy atom. The minimum atomic E-state index is -0.459. The van der Waals surface area contributed by atoms with Crippen molar-refractivity contribution in [2.45, 2.75) is 6.73 Å². The first-order valence-corrected chi connectivity index (χ1v) is 3.03. The molecule has 0 fully saturated rings. The third-order valence-corrected chi connectivity index (χ3v) is 1.17. The van der Waals surface area contributed by atoms with E-state index >= 15 is 0 Å². The molecule has 0 radical (unpaired) electrons. The molecule has 11 heavy (non-hydrogen) atoms. The van der Waals surface area contributed by atoms with Crippen LogP contribution in [0, 0.1) is 0 Å². The molecule has 0 bridgehead atoms. The summed E-state index contributed by atoms with van der Waals surface area (Å²) in [4.78, 5) is 23.5. The van der Waals surface area contributed by atoms with Crippen molar-refractivity contribution in [3.8, 4) is 0 Å². The van der Waals surface area contributed by atoms with E-state index in [1.54, 1.807) is 0 Å². The molecule has 0 saturated heterocycles. The topological polar surface area (TPSA) is 64.1 Å². The van der Waals surface area contributed by atoms with Crippen molar-refractivity contribution in [2.24, 2.45) is 0 Å². The molecule has 1 rings (SSSR count). The van der Waals surface area contributed by atoms with Gasteiger partial charge in [-0.2, -0.15) is 0 Å². The van der Waals surface area contributed by atoms with E-state index < -0.39 is 11.2 Å². The number of hydrogen-bond donors (Lipinski definition) is 1. The Bertz CT molecular complexity index is 338. The zero-order chi connectivity index (χ0) is 8.27. The Morgan fingerprint density at radius 2 is 2.36 bits per heavy atom. The lowest BCUT2D eigenvalue weighted by Crippen LogP contribution is -2.28. The smallest absolute Gasteiger partial charge is 0.330 e. The molecule has 0 aromatic carbocycles. The molecule has 0 spiro atoms. The largest absolute Gasteiger partial charge is 0.364 e. The van der Waals surface area contributed by atoms with E-state index in [-0.39, 0.29) is 6.73 Å². The van der Waals surface area contributed by atoms with Gasteiger partial charge in [0.05, 0.1) is 0 Å². The molecule has 0 aliphatic rings. The molecule has 1 aromatic heterocycles. The molecule has 0 unspecified atom stereocenters. The Morgan fingerprint density at radius 1 is 1.64 bits per heavy atom. The molecular weight excluding hydrogens is 148 g/mol. The average molecular weight is 156 g/mol. The number of hydrogen-bond acceptors (Lipinski definition) is 3. The first-order valence-electron chi connectivity index (χ1n) is 3.03. The van der Waals surface area contributed by atoms with Gasteiger partial charge in [0.15, 0.2) is 0 Å². The minimum absolute atomic E-state index is 0.148. The first-order chi connectivity index (χ1) is 5.24. The van der Waals surface area contributed by atoms with Crippen LogP contribution in [0.1, 0.15) is 0 Å². The Kier molecular flexibility index (Phi) is 2.22. The number of H-pyrrole nitrogens is 1. The lowest BCUT2D eigenvalue weighted by atomic mass is 10.6. The fraction of sp³-hybridized carbons (Fsp3) is 0.333. The van der Waals surface area contributed by atoms with Gasteiger partial charge in [0.25, 0.3) is 5.56 Å². The first kappa shape index (κ1) is 7.74. The number of nitrogens with zero attached hydrogens (tertiary/aromatic N) is 1. The van der Waals surface area contributed by atoms with Crippen molar-refractivity contribution in [2.75, 3.05) is 7.11 Å². The Labute approximate surface area is 62.2 Å². The van der Waals surface area contributed by atoms with Crippen molar-refractivity contribution < 1.29 is 4.74 Å². The van der Waals surface area contributed by atoms with E-state index in [0.717, 1.165) is 0 Å². The molecule has 5 heteroatoms. The highest BCUT2D eigenvalue weighted by Crippen LogP contribution is 1.74. The summed E-state index contributed by atoms with van der Waals surface area (Å²) in [6, 6.07) is 1.26. The third kappa shape index (κ3) is 1.78. The summed E-state index contributed by atoms with van der Waals surface area (Å²) >= 11 is 0. The maximum absolute atomic E-state index is 10.9. The lowest BCUT2D eigenvalue weighted by molar-refractivity contribution is 0.127. The second kappa shape index (κ2) is 3.16. The van der Waals surface area contributed by atoms with Gasteiger partial charge in [-0.05, 0) is 0 Å². The highest BCUT2D eigenvalue weighted by Gasteiger charge is 1.92. The number of aromatic amines is 1. The summed E-state index contributed by atoms with van der Waals surface area (Å²) in [5, 5.41) is 0. The molecule has 5 nitrogen and oxygen atoms in total. The summed E-state index contributed by atoms with van der Waals surface area (Å²) in [6.45, 7) is 0.148. The zero-order valence-corrected chi connectivity index (χ0v) is 6.03. The molecule has 60 valence electrons. The van der Waals surface area contributed by atoms with Crippen LogP contribution in [0.5, 0.6) is 0 Å². The van der Waals surface area contributed by atoms with Gasteiger partial charge >= 0.3 is 5.69 Å². The number of ether oxygens (including phenoxy) is 1. The maximum atomic E-state index is 10.9. The monoisotopic (exact) mass is 156 g/mol. The lowest BCUT2D eigenvalue weighted by Gasteiger charge is -1.99. The number of aromatic nitrogens is 2. The van der Waals surface area contributed by atoms with E-state index in [1.807, 2.05) is 0 Å². The molecule has 0 aliphatic carbocycles. The molecule has 0 amide bonds. The summed E-state index contributed by atoms with van der Waals surface area (Å²) in [6.07, 6.45) is 1.38. The van der Waals surface area contributed by atoms with Crippen molar-refractivity contribution in [3.63, 3.8) is 0 Å². The quantitative estimate of drug-likeness (QED) is 0.606. The van der Waals surface area contributed by atoms with Gasteiger partial charge in [-0.3, -0.25) is 14.3 Å². The standard InChI is InChI=1S/C6H8N2O3/c1-11-4-8-3-2-5(9)7-6(8)10/h2-3H,4H2,1H3,(H,7,9,10). The molecule has 0 aliphatic heterocycles. The minimum Gasteiger partial charge on any atom is -0.364 e. The van der Waals surface area contributed by atoms with Gasteiger partial charge in [-0.15, -0.1) is 0 Å². The van der Waals surface area contributed by atoms with Crippen LogP contribution in [0.2, 0.25) is 0 Å². The van der Waals surface area contributed by atoms with Gasteiger partial charge in [-0.1, -0.05) is 0 Å². The average Bonchev–Trinajstić information content (AvgIpc) is 1.95. The highest BCUT2D eigenvalue weighted by molar-refractivity contribution is 4.81. The molecule has 1 N–H and O–H groups in total. The van der Waals surface area contributed by atoms with Crippen LogP contribution in [0.4, 0.5) is 0 Å². The van der Waals surface area contributed by atoms with Crippen LogP contribution in [-0.4, -0.2) is 16.7 Å². The predicted molar refractivity (Wildman–Crippen MR) is 38.3 cm³/mol. The van der Waals surface area contributed by atoms with E-state index in [2.05, 4.69) is 9.72 Å². The summed E-state index contributed by atoms with van der Waals surface area (Å²) in [5.74, 6) is 0. The Hall–Kier alpha value is -1.36. The van der Waals surface area contributed by atoms with Crippen molar-refractivity contribution in [1.29, 1.82) is 0 Å². The molecule has 1 heterocycles. The molecular formula is C6H8N2O3. The van der Waals surface area contributed by atoms with Crippen LogP contribution >= 0.6 is 0 Å². The fourth-order valence-corrected chi connectivity index (χ4v) is 0.685. The fourth-order valence-electron chi connectivity index (χ4n) is 0.685. The van der Waals surface area contributed by atoms with E-state index in [1.165, 1.54) is 23.9 Å². The summed E-state index contributed by atoms with van der Waals surface area (Å²) in [5.41, 5.74) is -0.860. The summed E-state index contributed by atoms with van der Waals surface area (Å²) < 4.78 is 5.94. The van der Waals surface area contributed by atoms with Crippen LogP contribution < -0.4 is 11.2 Å². The SMILES string of the molecule is COCn1ccc(=O)[nH]c1=O. The highest BCUT2D eigenvalue weighted by atomic mass is 16.5. The number of rotatable bonds is 2. The van der Waals surface area contributed by atoms with Gasteiger partial charge in [0, 0.05) is 19.4 Å². The Balaban J connectivity index is 3.10. The molecule has 0 atom stereocenters. The van der Waals surface area contributed by atoms with Crippen molar-refractivity contribution >= 4 is 0 Å². The zero-order valence-electron chi connectivity index (χ0n) is 6.03. The van der Waals surface area contributed by atoms with Gasteiger partial charge in [0.1, 0.15) is 6.73 Å². The van der Waals surface area contributed by atoms with E-state index in [4.69, 9.17) is 0 Å². The molecule has 0 saturated carbocycles. The number of nitrogens with one attached hydrogen (secondary N) is 1. The van der Waals surface area contributed by atoms with Crippen LogP contribution in [0.15, 0.2) is 21.9 Å². The van der Waals surface area contributed by atoms with Crippen LogP contribution in [0.25, 0.3) is 0 Å². The van der Waals surface area contributed by atoms with Crippen LogP contribution in [0.3, 0.4) is 0 Å². The van der Waals surface area contributed by atoms with E-state index in [0.29, 0.717) is 0 Å². The van der Waals surface area contributed by atoms with Crippen molar-refractivity contribution in [3.05, 3.63) is 33.1 Å². The third-order valence-electron chi connectivity index (χ3n) is 1.17. The van der Waals surface area contributed by atoms with E-state index in [9.17, 15) is 9.59 Å². The molecule has 1 aromatic rings. The van der Waals surface area contributed by atoms with Gasteiger partial charge < -0.3 is 4.74 Å². The van der Waals surface area contributed by atoms with Crippen molar-refractivity contribution in [1.82, 2.24) is 9.55 Å². The van der Waals surface area contributed by atoms with Gasteiger partial charge in [-0.25, -0.2) is 4.79 Å².